The molecule has 0 unspecified atom stereocenters. The van der Waals surface area contributed by atoms with Crippen LogP contribution in [0.3, 0.4) is 0 Å². The van der Waals surface area contributed by atoms with Gasteiger partial charge in [0.1, 0.15) is 0 Å². The molecule has 0 aliphatic carbocycles. The molecule has 139 valence electrons. The number of rotatable bonds is 16. The van der Waals surface area contributed by atoms with E-state index in [1.165, 1.54) is 103 Å². The van der Waals surface area contributed by atoms with E-state index in [0.717, 1.165) is 0 Å². The van der Waals surface area contributed by atoms with Gasteiger partial charge in [-0.3, -0.25) is 0 Å². The summed E-state index contributed by atoms with van der Waals surface area (Å²) in [7, 11) is 0. The molecule has 0 saturated heterocycles. The van der Waals surface area contributed by atoms with Gasteiger partial charge < -0.3 is 0 Å². The molecule has 25 heavy (non-hydrogen) atoms. The van der Waals surface area contributed by atoms with Crippen molar-refractivity contribution in [1.82, 2.24) is 0 Å². The summed E-state index contributed by atoms with van der Waals surface area (Å²) in [6.45, 7) is 4.59. The Hall–Kier alpha value is 0.856. The molecule has 0 spiro atoms. The van der Waals surface area contributed by atoms with Crippen molar-refractivity contribution in [3.8, 4) is 0 Å². The molecular formula is C24H42K. The number of hydrogen-bond acceptors (Lipinski definition) is 0. The first-order valence-corrected chi connectivity index (χ1v) is 10.9. The Balaban J connectivity index is 0.00000576. The first kappa shape index (κ1) is 25.9. The van der Waals surface area contributed by atoms with Crippen LogP contribution in [0.25, 0.3) is 0 Å². The second-order valence-corrected chi connectivity index (χ2v) is 7.51. The molecule has 0 N–H and O–H groups in total. The maximum Gasteiger partial charge on any atom is 0 e. The van der Waals surface area contributed by atoms with Crippen molar-refractivity contribution in [2.45, 2.75) is 117 Å². The first-order chi connectivity index (χ1) is 11.9. The van der Waals surface area contributed by atoms with Crippen LogP contribution in [0.15, 0.2) is 24.3 Å². The largest absolute Gasteiger partial charge is 0.0654 e. The van der Waals surface area contributed by atoms with Gasteiger partial charge in [0.2, 0.25) is 0 Å². The van der Waals surface area contributed by atoms with E-state index in [-0.39, 0.29) is 51.4 Å². The van der Waals surface area contributed by atoms with Crippen LogP contribution in [-0.4, -0.2) is 51.4 Å². The maximum atomic E-state index is 2.37. The van der Waals surface area contributed by atoms with E-state index in [9.17, 15) is 0 Å². The predicted octanol–water partition coefficient (Wildman–Crippen LogP) is 7.89. The minimum Gasteiger partial charge on any atom is -0.0654 e. The van der Waals surface area contributed by atoms with Gasteiger partial charge in [0.15, 0.2) is 0 Å². The number of hydrogen-bond donors (Lipinski definition) is 0. The summed E-state index contributed by atoms with van der Waals surface area (Å²) in [5, 5.41) is 0. The van der Waals surface area contributed by atoms with Crippen molar-refractivity contribution in [3.63, 3.8) is 0 Å². The SMILES string of the molecule is CCCCCCCCCCc1ccccc1CCCCCCCC.[K]. The Kier molecular flexibility index (Phi) is 20.3. The number of aryl methyl sites for hydroxylation is 2. The molecule has 0 bridgehead atoms. The van der Waals surface area contributed by atoms with E-state index in [0.29, 0.717) is 0 Å². The molecule has 0 aliphatic heterocycles. The molecule has 0 amide bonds. The van der Waals surface area contributed by atoms with Crippen LogP contribution >= 0.6 is 0 Å². The van der Waals surface area contributed by atoms with E-state index in [1.807, 2.05) is 0 Å². The molecular weight excluding hydrogens is 327 g/mol. The van der Waals surface area contributed by atoms with Gasteiger partial charge in [0.25, 0.3) is 0 Å². The van der Waals surface area contributed by atoms with Crippen molar-refractivity contribution in [2.75, 3.05) is 0 Å². The molecule has 0 aliphatic rings. The molecule has 0 saturated carbocycles. The van der Waals surface area contributed by atoms with Gasteiger partial charge >= 0.3 is 0 Å². The second-order valence-electron chi connectivity index (χ2n) is 7.51. The summed E-state index contributed by atoms with van der Waals surface area (Å²) < 4.78 is 0. The van der Waals surface area contributed by atoms with Gasteiger partial charge in [-0.05, 0) is 36.8 Å². The van der Waals surface area contributed by atoms with Crippen molar-refractivity contribution in [1.29, 1.82) is 0 Å². The summed E-state index contributed by atoms with van der Waals surface area (Å²) in [6.07, 6.45) is 22.3. The predicted molar refractivity (Wildman–Crippen MR) is 116 cm³/mol. The van der Waals surface area contributed by atoms with Crippen LogP contribution in [0.4, 0.5) is 0 Å². The van der Waals surface area contributed by atoms with E-state index < -0.39 is 0 Å². The van der Waals surface area contributed by atoms with Crippen LogP contribution in [0.2, 0.25) is 0 Å². The third-order valence-electron chi connectivity index (χ3n) is 5.22. The Morgan fingerprint density at radius 2 is 0.800 bits per heavy atom. The smallest absolute Gasteiger partial charge is 0 e. The van der Waals surface area contributed by atoms with Crippen molar-refractivity contribution < 1.29 is 0 Å². The average Bonchev–Trinajstić information content (AvgIpc) is 2.61. The molecule has 0 atom stereocenters. The molecule has 0 heterocycles. The van der Waals surface area contributed by atoms with Gasteiger partial charge in [-0.15, -0.1) is 0 Å². The van der Waals surface area contributed by atoms with Gasteiger partial charge in [0.05, 0.1) is 0 Å². The van der Waals surface area contributed by atoms with Crippen molar-refractivity contribution in [2.24, 2.45) is 0 Å². The van der Waals surface area contributed by atoms with Crippen LogP contribution in [0, 0.1) is 0 Å². The quantitative estimate of drug-likeness (QED) is 0.205. The zero-order valence-corrected chi connectivity index (χ0v) is 20.7. The molecule has 0 nitrogen and oxygen atoms in total. The molecule has 1 rings (SSSR count). The van der Waals surface area contributed by atoms with Gasteiger partial charge in [-0.25, -0.2) is 0 Å². The summed E-state index contributed by atoms with van der Waals surface area (Å²) in [5.74, 6) is 0. The van der Waals surface area contributed by atoms with Crippen molar-refractivity contribution in [3.05, 3.63) is 35.4 Å². The molecule has 0 aromatic heterocycles. The van der Waals surface area contributed by atoms with E-state index in [2.05, 4.69) is 38.1 Å². The fraction of sp³-hybridized carbons (Fsp3) is 0.750. The summed E-state index contributed by atoms with van der Waals surface area (Å²) in [5.41, 5.74) is 3.24. The zero-order valence-electron chi connectivity index (χ0n) is 17.6. The minimum absolute atomic E-state index is 0. The van der Waals surface area contributed by atoms with Gasteiger partial charge in [0, 0.05) is 51.4 Å². The van der Waals surface area contributed by atoms with Gasteiger partial charge in [-0.1, -0.05) is 115 Å². The summed E-state index contributed by atoms with van der Waals surface area (Å²) >= 11 is 0. The van der Waals surface area contributed by atoms with E-state index >= 15 is 0 Å². The summed E-state index contributed by atoms with van der Waals surface area (Å²) in [4.78, 5) is 0. The topological polar surface area (TPSA) is 0 Å². The van der Waals surface area contributed by atoms with Gasteiger partial charge in [-0.2, -0.15) is 0 Å². The Morgan fingerprint density at radius 1 is 0.480 bits per heavy atom. The van der Waals surface area contributed by atoms with E-state index in [4.69, 9.17) is 0 Å². The van der Waals surface area contributed by atoms with Crippen molar-refractivity contribution >= 4 is 51.4 Å². The van der Waals surface area contributed by atoms with E-state index in [1.54, 1.807) is 11.1 Å². The van der Waals surface area contributed by atoms with Crippen LogP contribution in [0.1, 0.15) is 115 Å². The second kappa shape index (κ2) is 19.6. The fourth-order valence-corrected chi connectivity index (χ4v) is 3.59. The third-order valence-corrected chi connectivity index (χ3v) is 5.22. The standard InChI is InChI=1S/C24H42.K/c1-3-5-7-9-11-12-14-16-20-24-22-18-17-21-23(24)19-15-13-10-8-6-4-2;/h17-18,21-22H,3-16,19-20H2,1-2H3;. The fourth-order valence-electron chi connectivity index (χ4n) is 3.59. The maximum absolute atomic E-state index is 2.37. The average molecular weight is 370 g/mol. The van der Waals surface area contributed by atoms with Crippen LogP contribution in [-0.2, 0) is 12.8 Å². The number of benzene rings is 1. The van der Waals surface area contributed by atoms with Crippen LogP contribution in [0.5, 0.6) is 0 Å². The molecule has 1 aromatic carbocycles. The minimum atomic E-state index is 0. The Morgan fingerprint density at radius 3 is 1.16 bits per heavy atom. The Bertz CT molecular complexity index is 385. The summed E-state index contributed by atoms with van der Waals surface area (Å²) in [6, 6.07) is 9.19. The Labute approximate surface area is 201 Å². The molecule has 1 heteroatoms. The zero-order chi connectivity index (χ0) is 17.3. The first-order valence-electron chi connectivity index (χ1n) is 10.9. The molecule has 0 fully saturated rings. The molecule has 1 radical (unpaired) electrons. The monoisotopic (exact) mass is 369 g/mol. The van der Waals surface area contributed by atoms with Crippen LogP contribution < -0.4 is 0 Å². The molecule has 1 aromatic rings. The normalized spacial score (nSPS) is 10.6. The third kappa shape index (κ3) is 14.6. The number of unbranched alkanes of at least 4 members (excludes halogenated alkanes) is 12.